The lowest BCUT2D eigenvalue weighted by molar-refractivity contribution is -0.386. The van der Waals surface area contributed by atoms with Crippen molar-refractivity contribution < 1.29 is 14.8 Å². The third kappa shape index (κ3) is 2.55. The Bertz CT molecular complexity index is 638. The summed E-state index contributed by atoms with van der Waals surface area (Å²) in [6, 6.07) is 9.68. The number of thiophene rings is 1. The molecular weight excluding hydrogens is 278 g/mol. The lowest BCUT2D eigenvalue weighted by Crippen LogP contribution is -2.35. The number of benzene rings is 1. The SMILES string of the molecule is CC(Cc1cccs1)(C(=O)O)c1ccccc1[N+](=O)[O-]. The van der Waals surface area contributed by atoms with Crippen LogP contribution >= 0.6 is 11.3 Å². The number of rotatable bonds is 5. The number of hydrogen-bond acceptors (Lipinski definition) is 4. The molecule has 0 aliphatic heterocycles. The summed E-state index contributed by atoms with van der Waals surface area (Å²) >= 11 is 1.44. The number of nitro groups is 1. The summed E-state index contributed by atoms with van der Waals surface area (Å²) in [6.45, 7) is 1.53. The normalized spacial score (nSPS) is 13.7. The van der Waals surface area contributed by atoms with Crippen LogP contribution in [0.15, 0.2) is 41.8 Å². The van der Waals surface area contributed by atoms with Gasteiger partial charge >= 0.3 is 5.97 Å². The van der Waals surface area contributed by atoms with Gasteiger partial charge in [0.2, 0.25) is 0 Å². The molecule has 1 aromatic carbocycles. The van der Waals surface area contributed by atoms with Crippen molar-refractivity contribution in [3.05, 3.63) is 62.3 Å². The van der Waals surface area contributed by atoms with E-state index < -0.39 is 16.3 Å². The van der Waals surface area contributed by atoms with Crippen molar-refractivity contribution in [2.24, 2.45) is 0 Å². The summed E-state index contributed by atoms with van der Waals surface area (Å²) < 4.78 is 0. The van der Waals surface area contributed by atoms with Crippen LogP contribution in [0.3, 0.4) is 0 Å². The van der Waals surface area contributed by atoms with E-state index >= 15 is 0 Å². The maximum atomic E-state index is 11.7. The van der Waals surface area contributed by atoms with E-state index in [4.69, 9.17) is 0 Å². The quantitative estimate of drug-likeness (QED) is 0.677. The number of nitrogens with zero attached hydrogens (tertiary/aromatic N) is 1. The Labute approximate surface area is 119 Å². The molecule has 0 spiro atoms. The Morgan fingerprint density at radius 2 is 2.05 bits per heavy atom. The molecule has 0 fully saturated rings. The van der Waals surface area contributed by atoms with Crippen LogP contribution < -0.4 is 0 Å². The van der Waals surface area contributed by atoms with Gasteiger partial charge in [0.1, 0.15) is 5.41 Å². The molecule has 1 heterocycles. The molecule has 2 rings (SSSR count). The lowest BCUT2D eigenvalue weighted by atomic mass is 9.78. The second-order valence-corrected chi connectivity index (χ2v) is 5.70. The molecule has 0 bridgehead atoms. The van der Waals surface area contributed by atoms with Crippen LogP contribution in [0.1, 0.15) is 17.4 Å². The van der Waals surface area contributed by atoms with Crippen molar-refractivity contribution in [2.75, 3.05) is 0 Å². The highest BCUT2D eigenvalue weighted by Crippen LogP contribution is 2.35. The van der Waals surface area contributed by atoms with E-state index in [2.05, 4.69) is 0 Å². The van der Waals surface area contributed by atoms with Crippen LogP contribution in [0, 0.1) is 10.1 Å². The van der Waals surface area contributed by atoms with E-state index in [-0.39, 0.29) is 17.7 Å². The molecule has 1 aromatic heterocycles. The van der Waals surface area contributed by atoms with Gasteiger partial charge in [-0.1, -0.05) is 24.3 Å². The second kappa shape index (κ2) is 5.42. The zero-order chi connectivity index (χ0) is 14.8. The molecule has 20 heavy (non-hydrogen) atoms. The third-order valence-electron chi connectivity index (χ3n) is 3.28. The molecule has 0 amide bonds. The molecule has 0 saturated heterocycles. The van der Waals surface area contributed by atoms with Crippen molar-refractivity contribution in [3.63, 3.8) is 0 Å². The summed E-state index contributed by atoms with van der Waals surface area (Å²) in [4.78, 5) is 23.2. The maximum Gasteiger partial charge on any atom is 0.314 e. The summed E-state index contributed by atoms with van der Waals surface area (Å²) in [5.41, 5.74) is -1.26. The van der Waals surface area contributed by atoms with Crippen LogP contribution in [-0.2, 0) is 16.6 Å². The second-order valence-electron chi connectivity index (χ2n) is 4.67. The topological polar surface area (TPSA) is 80.4 Å². The molecule has 104 valence electrons. The van der Waals surface area contributed by atoms with Gasteiger partial charge in [-0.3, -0.25) is 14.9 Å². The standard InChI is InChI=1S/C14H13NO4S/c1-14(13(16)17,9-10-5-4-8-20-10)11-6-2-3-7-12(11)15(18)19/h2-8H,9H2,1H3,(H,16,17). The zero-order valence-corrected chi connectivity index (χ0v) is 11.6. The predicted octanol–water partition coefficient (Wildman–Crippen LogP) is 3.24. The highest BCUT2D eigenvalue weighted by atomic mass is 32.1. The molecule has 1 unspecified atom stereocenters. The molecule has 0 aliphatic carbocycles. The first-order chi connectivity index (χ1) is 9.45. The van der Waals surface area contributed by atoms with Gasteiger partial charge in [-0.15, -0.1) is 11.3 Å². The summed E-state index contributed by atoms with van der Waals surface area (Å²) in [5, 5.41) is 22.5. The maximum absolute atomic E-state index is 11.7. The van der Waals surface area contributed by atoms with Crippen LogP contribution in [0.2, 0.25) is 0 Å². The van der Waals surface area contributed by atoms with Gasteiger partial charge in [-0.05, 0) is 18.4 Å². The van der Waals surface area contributed by atoms with Gasteiger partial charge in [0.15, 0.2) is 0 Å². The Hall–Kier alpha value is -2.21. The zero-order valence-electron chi connectivity index (χ0n) is 10.8. The minimum Gasteiger partial charge on any atom is -0.481 e. The minimum atomic E-state index is -1.32. The van der Waals surface area contributed by atoms with Crippen molar-refractivity contribution in [3.8, 4) is 0 Å². The number of carboxylic acid groups (broad SMARTS) is 1. The highest BCUT2D eigenvalue weighted by Gasteiger charge is 2.40. The molecule has 0 saturated carbocycles. The van der Waals surface area contributed by atoms with E-state index in [1.807, 2.05) is 17.5 Å². The summed E-state index contributed by atoms with van der Waals surface area (Å²) in [6.07, 6.45) is 0.227. The van der Waals surface area contributed by atoms with Gasteiger partial charge in [0.05, 0.1) is 4.92 Å². The van der Waals surface area contributed by atoms with Crippen molar-refractivity contribution in [1.29, 1.82) is 0 Å². The largest absolute Gasteiger partial charge is 0.481 e. The fraction of sp³-hybridized carbons (Fsp3) is 0.214. The van der Waals surface area contributed by atoms with Crippen molar-refractivity contribution in [2.45, 2.75) is 18.8 Å². The van der Waals surface area contributed by atoms with Crippen LogP contribution in [0.5, 0.6) is 0 Å². The van der Waals surface area contributed by atoms with Crippen molar-refractivity contribution >= 4 is 23.0 Å². The van der Waals surface area contributed by atoms with E-state index in [9.17, 15) is 20.0 Å². The number of aliphatic carboxylic acids is 1. The molecule has 0 aliphatic rings. The van der Waals surface area contributed by atoms with E-state index in [1.165, 1.54) is 36.5 Å². The van der Waals surface area contributed by atoms with Crippen LogP contribution in [0.25, 0.3) is 0 Å². The summed E-state index contributed by atoms with van der Waals surface area (Å²) in [5.74, 6) is -1.07. The average molecular weight is 291 g/mol. The molecule has 0 radical (unpaired) electrons. The molecule has 1 N–H and O–H groups in total. The molecule has 5 nitrogen and oxygen atoms in total. The van der Waals surface area contributed by atoms with E-state index in [0.717, 1.165) is 4.88 Å². The van der Waals surface area contributed by atoms with Gasteiger partial charge in [-0.2, -0.15) is 0 Å². The Morgan fingerprint density at radius 3 is 2.60 bits per heavy atom. The first kappa shape index (κ1) is 14.2. The Kier molecular flexibility index (Phi) is 3.85. The van der Waals surface area contributed by atoms with Crippen LogP contribution in [-0.4, -0.2) is 16.0 Å². The van der Waals surface area contributed by atoms with Gasteiger partial charge in [0.25, 0.3) is 5.69 Å². The average Bonchev–Trinajstić information content (AvgIpc) is 2.91. The fourth-order valence-corrected chi connectivity index (χ4v) is 3.01. The molecule has 6 heteroatoms. The third-order valence-corrected chi connectivity index (χ3v) is 4.15. The monoisotopic (exact) mass is 291 g/mol. The van der Waals surface area contributed by atoms with Crippen molar-refractivity contribution in [1.82, 2.24) is 0 Å². The lowest BCUT2D eigenvalue weighted by Gasteiger charge is -2.24. The highest BCUT2D eigenvalue weighted by molar-refractivity contribution is 7.09. The predicted molar refractivity (Wildman–Crippen MR) is 76.1 cm³/mol. The van der Waals surface area contributed by atoms with Crippen LogP contribution in [0.4, 0.5) is 5.69 Å². The molecular formula is C14H13NO4S. The number of carbonyl (C=O) groups is 1. The Balaban J connectivity index is 2.53. The van der Waals surface area contributed by atoms with Gasteiger partial charge in [-0.25, -0.2) is 0 Å². The first-order valence-corrected chi connectivity index (χ1v) is 6.83. The minimum absolute atomic E-state index is 0.158. The van der Waals surface area contributed by atoms with Gasteiger partial charge in [0, 0.05) is 22.9 Å². The fourth-order valence-electron chi connectivity index (χ4n) is 2.15. The number of carboxylic acids is 1. The number of nitro benzene ring substituents is 1. The molecule has 2 aromatic rings. The molecule has 1 atom stereocenters. The first-order valence-electron chi connectivity index (χ1n) is 5.95. The van der Waals surface area contributed by atoms with E-state index in [1.54, 1.807) is 6.07 Å². The summed E-state index contributed by atoms with van der Waals surface area (Å²) in [7, 11) is 0. The van der Waals surface area contributed by atoms with E-state index in [0.29, 0.717) is 0 Å². The van der Waals surface area contributed by atoms with Gasteiger partial charge < -0.3 is 5.11 Å². The smallest absolute Gasteiger partial charge is 0.314 e. The number of para-hydroxylation sites is 1. The number of hydrogen-bond donors (Lipinski definition) is 1. The Morgan fingerprint density at radius 1 is 1.35 bits per heavy atom.